The molecule has 50 heavy (non-hydrogen) atoms. The number of aliphatic hydroxyl groups is 1. The fourth-order valence-electron chi connectivity index (χ4n) is 7.55. The topological polar surface area (TPSA) is 108 Å². The molecule has 1 fully saturated rings. The molecule has 9 nitrogen and oxygen atoms in total. The molecule has 2 aliphatic heterocycles. The Balaban J connectivity index is 1.39. The van der Waals surface area contributed by atoms with Crippen LogP contribution >= 0.6 is 0 Å². The number of aliphatic hydroxyl groups excluding tert-OH is 1. The number of carbonyl (C=O) groups is 3. The standard InChI is InChI=1S/C39H42FN3O6Si/c1-26-36(50(3,4)40)34(24-35(45)42(21-22-44)25-27-11-7-5-8-12-27)49-39(26)32-23-29(41-37(46)28-15-18-31(48-2)19-16-28)17-20-33(32)43(38(39)47)30-13-9-6-10-14-30/h5-20,23,26,34,36,44H,21-22,24-25H2,1-4H3,(H,41,46)/t26-,34+,36-,39+/m0/s1. The van der Waals surface area contributed by atoms with Crippen molar-refractivity contribution in [2.45, 2.75) is 50.2 Å². The number of para-hydroxylation sites is 1. The fourth-order valence-corrected chi connectivity index (χ4v) is 10.0. The molecule has 6 rings (SSSR count). The third-order valence-corrected chi connectivity index (χ3v) is 12.3. The van der Waals surface area contributed by atoms with Crippen LogP contribution in [0.4, 0.5) is 21.2 Å². The minimum absolute atomic E-state index is 0.100. The van der Waals surface area contributed by atoms with Crippen molar-refractivity contribution in [2.75, 3.05) is 30.5 Å². The number of nitrogens with one attached hydrogen (secondary N) is 1. The summed E-state index contributed by atoms with van der Waals surface area (Å²) in [4.78, 5) is 45.2. The summed E-state index contributed by atoms with van der Waals surface area (Å²) in [5.41, 5.74) is 1.08. The first kappa shape index (κ1) is 35.0. The summed E-state index contributed by atoms with van der Waals surface area (Å²) in [6, 6.07) is 30.6. The van der Waals surface area contributed by atoms with Crippen molar-refractivity contribution in [1.82, 2.24) is 4.90 Å². The number of anilines is 3. The van der Waals surface area contributed by atoms with Gasteiger partial charge >= 0.3 is 0 Å². The van der Waals surface area contributed by atoms with E-state index in [0.29, 0.717) is 33.9 Å². The van der Waals surface area contributed by atoms with Crippen LogP contribution in [0.2, 0.25) is 18.6 Å². The van der Waals surface area contributed by atoms with Gasteiger partial charge in [-0.15, -0.1) is 0 Å². The van der Waals surface area contributed by atoms with Crippen molar-refractivity contribution in [3.8, 4) is 5.75 Å². The van der Waals surface area contributed by atoms with Crippen LogP contribution in [0.3, 0.4) is 0 Å². The van der Waals surface area contributed by atoms with Crippen molar-refractivity contribution < 1.29 is 33.1 Å². The van der Waals surface area contributed by atoms with Crippen LogP contribution in [0.25, 0.3) is 0 Å². The highest BCUT2D eigenvalue weighted by Crippen LogP contribution is 2.61. The Morgan fingerprint density at radius 1 is 1.00 bits per heavy atom. The molecule has 2 aliphatic rings. The van der Waals surface area contributed by atoms with Crippen molar-refractivity contribution in [3.05, 3.63) is 120 Å². The van der Waals surface area contributed by atoms with Gasteiger partial charge in [-0.3, -0.25) is 19.3 Å². The molecule has 4 aromatic rings. The predicted octanol–water partition coefficient (Wildman–Crippen LogP) is 6.81. The number of ether oxygens (including phenoxy) is 2. The molecule has 0 aliphatic carbocycles. The Morgan fingerprint density at radius 2 is 1.66 bits per heavy atom. The zero-order valence-corrected chi connectivity index (χ0v) is 29.6. The van der Waals surface area contributed by atoms with Gasteiger partial charge in [0.05, 0.1) is 31.9 Å². The van der Waals surface area contributed by atoms with E-state index in [1.807, 2.05) is 67.6 Å². The normalized spacial score (nSPS) is 21.3. The first-order valence-corrected chi connectivity index (χ1v) is 19.7. The molecule has 0 saturated carbocycles. The highest BCUT2D eigenvalue weighted by atomic mass is 28.4. The van der Waals surface area contributed by atoms with Gasteiger partial charge in [0, 0.05) is 47.1 Å². The molecule has 260 valence electrons. The quantitative estimate of drug-likeness (QED) is 0.132. The molecule has 3 amide bonds. The van der Waals surface area contributed by atoms with Crippen LogP contribution in [0.5, 0.6) is 5.75 Å². The highest BCUT2D eigenvalue weighted by molar-refractivity contribution is 6.72. The summed E-state index contributed by atoms with van der Waals surface area (Å²) in [6.07, 6.45) is -1.07. The zero-order chi connectivity index (χ0) is 35.6. The molecule has 4 atom stereocenters. The maximum atomic E-state index is 16.5. The molecule has 1 saturated heterocycles. The largest absolute Gasteiger partial charge is 0.497 e. The zero-order valence-electron chi connectivity index (χ0n) is 28.6. The number of amides is 3. The molecule has 0 radical (unpaired) electrons. The van der Waals surface area contributed by atoms with Gasteiger partial charge in [0.25, 0.3) is 11.8 Å². The Labute approximate surface area is 292 Å². The molecule has 11 heteroatoms. The minimum atomic E-state index is -3.58. The highest BCUT2D eigenvalue weighted by Gasteiger charge is 2.67. The smallest absolute Gasteiger partial charge is 0.268 e. The molecular formula is C39H42FN3O6Si. The second kappa shape index (κ2) is 14.2. The van der Waals surface area contributed by atoms with Crippen LogP contribution in [0.1, 0.15) is 34.8 Å². The lowest BCUT2D eigenvalue weighted by Gasteiger charge is -2.31. The van der Waals surface area contributed by atoms with Crippen LogP contribution in [-0.4, -0.2) is 62.5 Å². The number of rotatable bonds is 11. The van der Waals surface area contributed by atoms with E-state index in [1.165, 1.54) is 0 Å². The van der Waals surface area contributed by atoms with E-state index in [0.717, 1.165) is 5.56 Å². The van der Waals surface area contributed by atoms with Crippen molar-refractivity contribution in [3.63, 3.8) is 0 Å². The van der Waals surface area contributed by atoms with Gasteiger partial charge in [-0.2, -0.15) is 0 Å². The average molecular weight is 696 g/mol. The number of methoxy groups -OCH3 is 1. The second-order valence-electron chi connectivity index (χ2n) is 13.4. The molecule has 0 unspecified atom stereocenters. The van der Waals surface area contributed by atoms with E-state index >= 15 is 4.11 Å². The molecule has 0 bridgehead atoms. The lowest BCUT2D eigenvalue weighted by atomic mass is 9.82. The monoisotopic (exact) mass is 695 g/mol. The van der Waals surface area contributed by atoms with Gasteiger partial charge in [0.2, 0.25) is 14.3 Å². The van der Waals surface area contributed by atoms with Gasteiger partial charge in [-0.1, -0.05) is 55.5 Å². The van der Waals surface area contributed by atoms with Gasteiger partial charge in [-0.25, -0.2) is 0 Å². The Bertz CT molecular complexity index is 1850. The first-order chi connectivity index (χ1) is 24.0. The first-order valence-electron chi connectivity index (χ1n) is 16.8. The van der Waals surface area contributed by atoms with Crippen LogP contribution in [0.15, 0.2) is 103 Å². The summed E-state index contributed by atoms with van der Waals surface area (Å²) in [5, 5.41) is 12.8. The van der Waals surface area contributed by atoms with Crippen molar-refractivity contribution >= 4 is 43.2 Å². The fraction of sp³-hybridized carbons (Fsp3) is 0.308. The van der Waals surface area contributed by atoms with E-state index in [-0.39, 0.29) is 43.8 Å². The van der Waals surface area contributed by atoms with E-state index in [1.54, 1.807) is 72.5 Å². The number of benzene rings is 4. The number of halogens is 1. The maximum Gasteiger partial charge on any atom is 0.268 e. The molecule has 0 aromatic heterocycles. The third-order valence-electron chi connectivity index (χ3n) is 9.81. The van der Waals surface area contributed by atoms with E-state index in [2.05, 4.69) is 5.32 Å². The van der Waals surface area contributed by atoms with Gasteiger partial charge in [0.15, 0.2) is 5.60 Å². The molecular weight excluding hydrogens is 654 g/mol. The number of carbonyl (C=O) groups excluding carboxylic acids is 3. The lowest BCUT2D eigenvalue weighted by molar-refractivity contribution is -0.149. The average Bonchev–Trinajstić information content (AvgIpc) is 3.54. The van der Waals surface area contributed by atoms with Crippen LogP contribution in [-0.2, 0) is 26.5 Å². The van der Waals surface area contributed by atoms with E-state index in [4.69, 9.17) is 9.47 Å². The SMILES string of the molecule is COc1ccc(C(=O)Nc2ccc3c(c2)[C@@]2(O[C@H](CC(=O)N(CCO)Cc4ccccc4)[C@@H]([Si](C)(C)F)[C@@H]2C)C(=O)N3c2ccccc2)cc1. The molecule has 1 spiro atoms. The maximum absolute atomic E-state index is 16.5. The van der Waals surface area contributed by atoms with Crippen LogP contribution < -0.4 is 15.0 Å². The summed E-state index contributed by atoms with van der Waals surface area (Å²) >= 11 is 0. The lowest BCUT2D eigenvalue weighted by Crippen LogP contribution is -2.44. The molecule has 4 aromatic carbocycles. The predicted molar refractivity (Wildman–Crippen MR) is 193 cm³/mol. The molecule has 2 N–H and O–H groups in total. The summed E-state index contributed by atoms with van der Waals surface area (Å²) in [6.45, 7) is 5.14. The minimum Gasteiger partial charge on any atom is -0.497 e. The third kappa shape index (κ3) is 6.56. The number of nitrogens with zero attached hydrogens (tertiary/aromatic N) is 2. The van der Waals surface area contributed by atoms with Gasteiger partial charge < -0.3 is 28.9 Å². The van der Waals surface area contributed by atoms with E-state index < -0.39 is 31.6 Å². The van der Waals surface area contributed by atoms with Crippen molar-refractivity contribution in [1.29, 1.82) is 0 Å². The number of fused-ring (bicyclic) bond motifs is 2. The molecule has 2 heterocycles. The summed E-state index contributed by atoms with van der Waals surface area (Å²) in [5.74, 6) is -1.06. The number of hydrogen-bond donors (Lipinski definition) is 2. The Kier molecular flexibility index (Phi) is 9.93. The Morgan fingerprint density at radius 3 is 2.28 bits per heavy atom. The second-order valence-corrected chi connectivity index (χ2v) is 17.2. The van der Waals surface area contributed by atoms with Gasteiger partial charge in [-0.05, 0) is 73.3 Å². The summed E-state index contributed by atoms with van der Waals surface area (Å²) in [7, 11) is -2.03. The summed E-state index contributed by atoms with van der Waals surface area (Å²) < 4.78 is 28.5. The Hall–Kier alpha value is -4.84. The van der Waals surface area contributed by atoms with Gasteiger partial charge in [0.1, 0.15) is 5.75 Å². The van der Waals surface area contributed by atoms with Crippen molar-refractivity contribution in [2.24, 2.45) is 5.92 Å². The van der Waals surface area contributed by atoms with E-state index in [9.17, 15) is 19.5 Å². The number of hydrogen-bond acceptors (Lipinski definition) is 6. The van der Waals surface area contributed by atoms with Crippen LogP contribution in [0, 0.1) is 5.92 Å².